The molecule has 0 aliphatic carbocycles. The molecule has 1 N–H and O–H groups in total. The van der Waals surface area contributed by atoms with E-state index in [1.54, 1.807) is 13.3 Å². The molecule has 1 aromatic rings. The largest absolute Gasteiger partial charge is 0.493 e. The third-order valence-corrected chi connectivity index (χ3v) is 4.48. The Hall–Kier alpha value is -1.11. The van der Waals surface area contributed by atoms with Gasteiger partial charge in [0, 0.05) is 45.8 Å². The highest BCUT2D eigenvalue weighted by Crippen LogP contribution is 2.31. The van der Waals surface area contributed by atoms with Crippen LogP contribution in [0.1, 0.15) is 11.7 Å². The highest BCUT2D eigenvalue weighted by atomic mass is 16.5. The average Bonchev–Trinajstić information content (AvgIpc) is 2.83. The molecule has 3 fully saturated rings. The van der Waals surface area contributed by atoms with Crippen LogP contribution in [0.3, 0.4) is 0 Å². The normalized spacial score (nSPS) is 31.4. The molecule has 106 valence electrons. The van der Waals surface area contributed by atoms with Crippen molar-refractivity contribution in [3.63, 3.8) is 0 Å². The first-order chi connectivity index (χ1) is 9.24. The van der Waals surface area contributed by atoms with Gasteiger partial charge in [0.05, 0.1) is 25.0 Å². The molecule has 6 heteroatoms. The lowest BCUT2D eigenvalue weighted by atomic mass is 9.97. The molecule has 6 nitrogen and oxygen atoms in total. The standard InChI is InChI=1S/C13H23N5O/c1-14-12(13-11(19-3)8-15-16(13)2)10-9-17-4-6-18(10)7-5-17/h8,10,12,14H,4-7,9H2,1-3H3. The van der Waals surface area contributed by atoms with Crippen LogP contribution in [-0.2, 0) is 7.05 Å². The first kappa shape index (κ1) is 12.9. The van der Waals surface area contributed by atoms with Crippen molar-refractivity contribution in [3.8, 4) is 5.75 Å². The van der Waals surface area contributed by atoms with Gasteiger partial charge in [0.1, 0.15) is 0 Å². The lowest BCUT2D eigenvalue weighted by Crippen LogP contribution is -2.63. The summed E-state index contributed by atoms with van der Waals surface area (Å²) in [5, 5.41) is 7.80. The SMILES string of the molecule is CNC(c1c(OC)cnn1C)C1CN2CCN1CC2. The van der Waals surface area contributed by atoms with E-state index < -0.39 is 0 Å². The van der Waals surface area contributed by atoms with Crippen molar-refractivity contribution in [2.24, 2.45) is 7.05 Å². The second-order valence-electron chi connectivity index (χ2n) is 5.39. The highest BCUT2D eigenvalue weighted by molar-refractivity contribution is 5.30. The van der Waals surface area contributed by atoms with E-state index in [1.807, 2.05) is 18.8 Å². The number of piperazine rings is 3. The maximum Gasteiger partial charge on any atom is 0.161 e. The van der Waals surface area contributed by atoms with Gasteiger partial charge in [0.25, 0.3) is 0 Å². The van der Waals surface area contributed by atoms with E-state index in [4.69, 9.17) is 4.74 Å². The number of aromatic nitrogens is 2. The van der Waals surface area contributed by atoms with Crippen molar-refractivity contribution in [3.05, 3.63) is 11.9 Å². The molecule has 0 radical (unpaired) electrons. The molecular weight excluding hydrogens is 242 g/mol. The topological polar surface area (TPSA) is 45.6 Å². The van der Waals surface area contributed by atoms with E-state index in [1.165, 1.54) is 26.2 Å². The van der Waals surface area contributed by atoms with Gasteiger partial charge in [-0.15, -0.1) is 0 Å². The molecule has 0 amide bonds. The van der Waals surface area contributed by atoms with Crippen LogP contribution in [-0.4, -0.2) is 72.5 Å². The van der Waals surface area contributed by atoms with Gasteiger partial charge in [-0.05, 0) is 7.05 Å². The molecule has 2 unspecified atom stereocenters. The van der Waals surface area contributed by atoms with Gasteiger partial charge in [-0.3, -0.25) is 14.5 Å². The van der Waals surface area contributed by atoms with E-state index in [0.29, 0.717) is 6.04 Å². The molecule has 4 rings (SSSR count). The van der Waals surface area contributed by atoms with Gasteiger partial charge >= 0.3 is 0 Å². The first-order valence-corrected chi connectivity index (χ1v) is 6.94. The van der Waals surface area contributed by atoms with Crippen LogP contribution in [0.2, 0.25) is 0 Å². The zero-order chi connectivity index (χ0) is 13.4. The van der Waals surface area contributed by atoms with E-state index in [2.05, 4.69) is 20.2 Å². The Morgan fingerprint density at radius 2 is 2.11 bits per heavy atom. The van der Waals surface area contributed by atoms with E-state index >= 15 is 0 Å². The first-order valence-electron chi connectivity index (χ1n) is 6.94. The van der Waals surface area contributed by atoms with Gasteiger partial charge < -0.3 is 10.1 Å². The quantitative estimate of drug-likeness (QED) is 0.809. The van der Waals surface area contributed by atoms with Crippen molar-refractivity contribution in [1.82, 2.24) is 24.9 Å². The molecule has 4 heterocycles. The fourth-order valence-electron chi connectivity index (χ4n) is 3.42. The Morgan fingerprint density at radius 1 is 1.37 bits per heavy atom. The molecule has 0 spiro atoms. The summed E-state index contributed by atoms with van der Waals surface area (Å²) in [6.45, 7) is 5.87. The third kappa shape index (κ3) is 2.13. The minimum absolute atomic E-state index is 0.255. The molecular formula is C13H23N5O. The van der Waals surface area contributed by atoms with E-state index in [0.717, 1.165) is 18.0 Å². The Balaban J connectivity index is 1.90. The number of hydrogen-bond acceptors (Lipinski definition) is 5. The van der Waals surface area contributed by atoms with Crippen molar-refractivity contribution in [1.29, 1.82) is 0 Å². The van der Waals surface area contributed by atoms with Crippen molar-refractivity contribution < 1.29 is 4.74 Å². The predicted octanol–water partition coefficient (Wildman–Crippen LogP) is -0.311. The zero-order valence-electron chi connectivity index (χ0n) is 12.0. The van der Waals surface area contributed by atoms with Crippen LogP contribution in [0, 0.1) is 0 Å². The highest BCUT2D eigenvalue weighted by Gasteiger charge is 2.38. The van der Waals surface area contributed by atoms with Crippen LogP contribution >= 0.6 is 0 Å². The van der Waals surface area contributed by atoms with Gasteiger partial charge in [0.2, 0.25) is 0 Å². The fraction of sp³-hybridized carbons (Fsp3) is 0.769. The number of rotatable bonds is 4. The third-order valence-electron chi connectivity index (χ3n) is 4.48. The Morgan fingerprint density at radius 3 is 2.63 bits per heavy atom. The summed E-state index contributed by atoms with van der Waals surface area (Å²) < 4.78 is 7.39. The zero-order valence-corrected chi connectivity index (χ0v) is 12.0. The Bertz CT molecular complexity index is 438. The predicted molar refractivity (Wildman–Crippen MR) is 73.4 cm³/mol. The second-order valence-corrected chi connectivity index (χ2v) is 5.39. The summed E-state index contributed by atoms with van der Waals surface area (Å²) in [5.74, 6) is 0.875. The maximum absolute atomic E-state index is 5.46. The molecule has 0 saturated carbocycles. The second kappa shape index (κ2) is 5.11. The molecule has 3 saturated heterocycles. The summed E-state index contributed by atoms with van der Waals surface area (Å²) in [4.78, 5) is 5.14. The van der Waals surface area contributed by atoms with Gasteiger partial charge in [0.15, 0.2) is 5.75 Å². The van der Waals surface area contributed by atoms with Crippen LogP contribution in [0.25, 0.3) is 0 Å². The van der Waals surface area contributed by atoms with E-state index in [-0.39, 0.29) is 6.04 Å². The summed E-state index contributed by atoms with van der Waals surface area (Å²) in [5.41, 5.74) is 1.14. The summed E-state index contributed by atoms with van der Waals surface area (Å²) in [6, 6.07) is 0.752. The van der Waals surface area contributed by atoms with Crippen molar-refractivity contribution in [2.45, 2.75) is 12.1 Å². The van der Waals surface area contributed by atoms with Gasteiger partial charge in [-0.1, -0.05) is 0 Å². The molecule has 2 bridgehead atoms. The Kier molecular flexibility index (Phi) is 3.47. The number of nitrogens with one attached hydrogen (secondary N) is 1. The maximum atomic E-state index is 5.46. The summed E-state index contributed by atoms with van der Waals surface area (Å²) in [6.07, 6.45) is 1.80. The number of hydrogen-bond donors (Lipinski definition) is 1. The van der Waals surface area contributed by atoms with Gasteiger partial charge in [-0.25, -0.2) is 0 Å². The summed E-state index contributed by atoms with van der Waals surface area (Å²) in [7, 11) is 5.72. The Labute approximate surface area is 114 Å². The number of aryl methyl sites for hydroxylation is 1. The van der Waals surface area contributed by atoms with Crippen LogP contribution < -0.4 is 10.1 Å². The molecule has 3 aliphatic heterocycles. The lowest BCUT2D eigenvalue weighted by molar-refractivity contribution is -0.00401. The number of fused-ring (bicyclic) bond motifs is 3. The molecule has 2 atom stereocenters. The van der Waals surface area contributed by atoms with Gasteiger partial charge in [-0.2, -0.15) is 5.10 Å². The monoisotopic (exact) mass is 265 g/mol. The van der Waals surface area contributed by atoms with Crippen LogP contribution in [0.4, 0.5) is 0 Å². The smallest absolute Gasteiger partial charge is 0.161 e. The lowest BCUT2D eigenvalue weighted by Gasteiger charge is -2.50. The number of methoxy groups -OCH3 is 1. The van der Waals surface area contributed by atoms with Crippen LogP contribution in [0.15, 0.2) is 6.20 Å². The number of likely N-dealkylation sites (N-methyl/N-ethyl adjacent to an activating group) is 1. The molecule has 3 aliphatic rings. The minimum atomic E-state index is 0.255. The molecule has 19 heavy (non-hydrogen) atoms. The summed E-state index contributed by atoms with van der Waals surface area (Å²) >= 11 is 0. The van der Waals surface area contributed by atoms with Crippen molar-refractivity contribution >= 4 is 0 Å². The number of ether oxygens (including phenoxy) is 1. The number of nitrogens with zero attached hydrogens (tertiary/aromatic N) is 4. The van der Waals surface area contributed by atoms with Crippen molar-refractivity contribution in [2.75, 3.05) is 46.9 Å². The van der Waals surface area contributed by atoms with E-state index in [9.17, 15) is 0 Å². The minimum Gasteiger partial charge on any atom is -0.493 e. The molecule has 0 aromatic carbocycles. The van der Waals surface area contributed by atoms with Crippen LogP contribution in [0.5, 0.6) is 5.75 Å². The average molecular weight is 265 g/mol. The molecule has 1 aromatic heterocycles. The fourth-order valence-corrected chi connectivity index (χ4v) is 3.42.